The fourth-order valence-corrected chi connectivity index (χ4v) is 3.65. The number of hydrogen-bond acceptors (Lipinski definition) is 5. The van der Waals surface area contributed by atoms with Crippen molar-refractivity contribution in [2.75, 3.05) is 18.2 Å². The molecule has 0 spiro atoms. The summed E-state index contributed by atoms with van der Waals surface area (Å²) in [6, 6.07) is 14.4. The number of anilines is 1. The molecular weight excluding hydrogens is 403 g/mol. The molecule has 0 aliphatic carbocycles. The van der Waals surface area contributed by atoms with Gasteiger partial charge in [-0.15, -0.1) is 11.8 Å². The zero-order chi connectivity index (χ0) is 21.7. The van der Waals surface area contributed by atoms with E-state index in [0.29, 0.717) is 16.8 Å². The number of nitrogens with one attached hydrogen (secondary N) is 1. The molecule has 3 rings (SSSR count). The van der Waals surface area contributed by atoms with Crippen LogP contribution in [-0.2, 0) is 21.6 Å². The van der Waals surface area contributed by atoms with Crippen molar-refractivity contribution in [3.63, 3.8) is 0 Å². The molecule has 0 aliphatic heterocycles. The summed E-state index contributed by atoms with van der Waals surface area (Å²) in [5, 5.41) is 6.65. The monoisotopic (exact) mass is 428 g/mol. The molecule has 0 fully saturated rings. The van der Waals surface area contributed by atoms with Gasteiger partial charge in [-0.3, -0.25) is 10.1 Å². The van der Waals surface area contributed by atoms with E-state index in [0.717, 1.165) is 4.90 Å². The Labute approximate surface area is 180 Å². The van der Waals surface area contributed by atoms with Gasteiger partial charge >= 0.3 is 0 Å². The number of rotatable bonds is 7. The van der Waals surface area contributed by atoms with Crippen LogP contribution in [0.15, 0.2) is 57.9 Å². The van der Waals surface area contributed by atoms with Crippen LogP contribution in [-0.4, -0.2) is 23.9 Å². The predicted molar refractivity (Wildman–Crippen MR) is 117 cm³/mol. The summed E-state index contributed by atoms with van der Waals surface area (Å²) in [5.74, 6) is -0.397. The minimum absolute atomic E-state index is 0.0792. The lowest BCUT2D eigenvalue weighted by Gasteiger charge is -2.19. The summed E-state index contributed by atoms with van der Waals surface area (Å²) < 4.78 is 24.8. The van der Waals surface area contributed by atoms with Crippen molar-refractivity contribution in [1.82, 2.24) is 5.16 Å². The summed E-state index contributed by atoms with van der Waals surface area (Å²) in [6.45, 7) is 6.61. The van der Waals surface area contributed by atoms with Crippen molar-refractivity contribution in [2.45, 2.75) is 37.7 Å². The SMILES string of the molecule is COCc1noc(NC(=O)CSc2ccc(C(C)(C)C)cc2)c1-c1ccccc1F. The van der Waals surface area contributed by atoms with Gasteiger partial charge in [-0.2, -0.15) is 0 Å². The molecule has 3 aromatic rings. The van der Waals surface area contributed by atoms with Gasteiger partial charge in [0.25, 0.3) is 0 Å². The van der Waals surface area contributed by atoms with Gasteiger partial charge in [-0.1, -0.05) is 56.3 Å². The second-order valence-electron chi connectivity index (χ2n) is 7.86. The zero-order valence-corrected chi connectivity index (χ0v) is 18.3. The standard InChI is InChI=1S/C23H25FN2O3S/c1-23(2,3)15-9-11-16(12-10-15)30-14-20(27)25-22-21(19(13-28-4)26-29-22)17-7-5-6-8-18(17)24/h5-12H,13-14H2,1-4H3,(H,25,27). The van der Waals surface area contributed by atoms with Crippen molar-refractivity contribution < 1.29 is 18.4 Å². The van der Waals surface area contributed by atoms with E-state index in [1.165, 1.54) is 30.5 Å². The maximum Gasteiger partial charge on any atom is 0.239 e. The van der Waals surface area contributed by atoms with E-state index >= 15 is 0 Å². The fourth-order valence-electron chi connectivity index (χ4n) is 2.95. The second kappa shape index (κ2) is 9.45. The van der Waals surface area contributed by atoms with Crippen LogP contribution in [0.4, 0.5) is 10.3 Å². The number of hydrogen-bond donors (Lipinski definition) is 1. The van der Waals surface area contributed by atoms with Crippen LogP contribution in [0, 0.1) is 5.82 Å². The second-order valence-corrected chi connectivity index (χ2v) is 8.91. The third-order valence-electron chi connectivity index (χ3n) is 4.53. The molecule has 30 heavy (non-hydrogen) atoms. The van der Waals surface area contributed by atoms with Gasteiger partial charge in [0.1, 0.15) is 11.5 Å². The Balaban J connectivity index is 1.72. The van der Waals surface area contributed by atoms with Crippen LogP contribution in [0.5, 0.6) is 0 Å². The lowest BCUT2D eigenvalue weighted by molar-refractivity contribution is -0.113. The van der Waals surface area contributed by atoms with Crippen molar-refractivity contribution in [3.8, 4) is 11.1 Å². The predicted octanol–water partition coefficient (Wildman–Crippen LogP) is 5.66. The van der Waals surface area contributed by atoms with Crippen LogP contribution in [0.1, 0.15) is 32.0 Å². The third-order valence-corrected chi connectivity index (χ3v) is 5.54. The van der Waals surface area contributed by atoms with Crippen LogP contribution < -0.4 is 5.32 Å². The van der Waals surface area contributed by atoms with Crippen LogP contribution in [0.3, 0.4) is 0 Å². The highest BCUT2D eigenvalue weighted by Crippen LogP contribution is 2.34. The number of halogens is 1. The maximum absolute atomic E-state index is 14.3. The third kappa shape index (κ3) is 5.29. The minimum atomic E-state index is -0.429. The molecule has 0 unspecified atom stereocenters. The van der Waals surface area contributed by atoms with E-state index in [1.807, 2.05) is 12.1 Å². The van der Waals surface area contributed by atoms with Crippen LogP contribution in [0.25, 0.3) is 11.1 Å². The number of ether oxygens (including phenoxy) is 1. The number of carbonyl (C=O) groups excluding carboxylic acids is 1. The zero-order valence-electron chi connectivity index (χ0n) is 17.5. The fraction of sp³-hybridized carbons (Fsp3) is 0.304. The Morgan fingerprint density at radius 3 is 2.50 bits per heavy atom. The Kier molecular flexibility index (Phi) is 6.95. The Bertz CT molecular complexity index is 1010. The van der Waals surface area contributed by atoms with Crippen LogP contribution in [0.2, 0.25) is 0 Å². The number of amides is 1. The maximum atomic E-state index is 14.3. The minimum Gasteiger partial charge on any atom is -0.378 e. The first-order valence-corrected chi connectivity index (χ1v) is 10.5. The molecule has 0 bridgehead atoms. The van der Waals surface area contributed by atoms with E-state index < -0.39 is 5.82 Å². The first-order chi connectivity index (χ1) is 14.3. The topological polar surface area (TPSA) is 64.4 Å². The highest BCUT2D eigenvalue weighted by molar-refractivity contribution is 8.00. The summed E-state index contributed by atoms with van der Waals surface area (Å²) in [6.07, 6.45) is 0. The summed E-state index contributed by atoms with van der Waals surface area (Å²) in [4.78, 5) is 13.5. The lowest BCUT2D eigenvalue weighted by atomic mass is 9.87. The Morgan fingerprint density at radius 2 is 1.87 bits per heavy atom. The number of thioether (sulfide) groups is 1. The van der Waals surface area contributed by atoms with Gasteiger partial charge < -0.3 is 9.26 Å². The number of benzene rings is 2. The first kappa shape index (κ1) is 22.1. The highest BCUT2D eigenvalue weighted by Gasteiger charge is 2.22. The molecular formula is C23H25FN2O3S. The van der Waals surface area contributed by atoms with E-state index in [4.69, 9.17) is 9.26 Å². The van der Waals surface area contributed by atoms with Gasteiger partial charge in [0, 0.05) is 17.6 Å². The van der Waals surface area contributed by atoms with Crippen LogP contribution >= 0.6 is 11.8 Å². The average Bonchev–Trinajstić information content (AvgIpc) is 3.08. The number of carbonyl (C=O) groups is 1. The van der Waals surface area contributed by atoms with E-state index in [1.54, 1.807) is 18.2 Å². The molecule has 5 nitrogen and oxygen atoms in total. The first-order valence-electron chi connectivity index (χ1n) is 9.55. The molecule has 0 aliphatic rings. The van der Waals surface area contributed by atoms with E-state index in [9.17, 15) is 9.18 Å². The van der Waals surface area contributed by atoms with Gasteiger partial charge in [-0.25, -0.2) is 4.39 Å². The quantitative estimate of drug-likeness (QED) is 0.492. The van der Waals surface area contributed by atoms with Gasteiger partial charge in [0.15, 0.2) is 0 Å². The Hall–Kier alpha value is -2.64. The van der Waals surface area contributed by atoms with Crippen molar-refractivity contribution in [3.05, 3.63) is 65.6 Å². The largest absolute Gasteiger partial charge is 0.378 e. The summed E-state index contributed by atoms with van der Waals surface area (Å²) in [5.41, 5.74) is 2.42. The van der Waals surface area contributed by atoms with Crippen molar-refractivity contribution >= 4 is 23.6 Å². The molecule has 1 amide bonds. The molecule has 0 radical (unpaired) electrons. The lowest BCUT2D eigenvalue weighted by Crippen LogP contribution is -2.14. The Morgan fingerprint density at radius 1 is 1.17 bits per heavy atom. The molecule has 0 saturated heterocycles. The normalized spacial score (nSPS) is 11.5. The molecule has 1 N–H and O–H groups in total. The smallest absolute Gasteiger partial charge is 0.239 e. The summed E-state index contributed by atoms with van der Waals surface area (Å²) >= 11 is 1.42. The molecule has 2 aromatic carbocycles. The van der Waals surface area contributed by atoms with Crippen molar-refractivity contribution in [1.29, 1.82) is 0 Å². The molecule has 0 atom stereocenters. The average molecular weight is 429 g/mol. The summed E-state index contributed by atoms with van der Waals surface area (Å²) in [7, 11) is 1.51. The van der Waals surface area contributed by atoms with E-state index in [-0.39, 0.29) is 29.6 Å². The van der Waals surface area contributed by atoms with Crippen molar-refractivity contribution in [2.24, 2.45) is 0 Å². The molecule has 1 heterocycles. The highest BCUT2D eigenvalue weighted by atomic mass is 32.2. The van der Waals surface area contributed by atoms with Gasteiger partial charge in [-0.05, 0) is 29.2 Å². The number of methoxy groups -OCH3 is 1. The molecule has 7 heteroatoms. The van der Waals surface area contributed by atoms with E-state index in [2.05, 4.69) is 43.4 Å². The molecule has 1 aromatic heterocycles. The number of aromatic nitrogens is 1. The van der Waals surface area contributed by atoms with Gasteiger partial charge in [0.05, 0.1) is 17.9 Å². The molecule has 158 valence electrons. The van der Waals surface area contributed by atoms with Gasteiger partial charge in [0.2, 0.25) is 11.8 Å². The number of nitrogens with zero attached hydrogens (tertiary/aromatic N) is 1. The molecule has 0 saturated carbocycles.